The Labute approximate surface area is 155 Å². The Morgan fingerprint density at radius 1 is 1.23 bits per heavy atom. The van der Waals surface area contributed by atoms with Crippen molar-refractivity contribution >= 4 is 17.7 Å². The highest BCUT2D eigenvalue weighted by Gasteiger charge is 2.13. The SMILES string of the molecule is CC(C)Oc1cc(N2CCOCC2)cc(N)n1.Cc1cccc(C=N)c1. The molecule has 6 heteroatoms. The summed E-state index contributed by atoms with van der Waals surface area (Å²) in [5.74, 6) is 1.08. The maximum atomic E-state index is 6.92. The van der Waals surface area contributed by atoms with Crippen molar-refractivity contribution in [2.75, 3.05) is 36.9 Å². The Morgan fingerprint density at radius 3 is 2.54 bits per heavy atom. The molecule has 26 heavy (non-hydrogen) atoms. The van der Waals surface area contributed by atoms with Crippen molar-refractivity contribution in [3.63, 3.8) is 0 Å². The molecule has 3 rings (SSSR count). The van der Waals surface area contributed by atoms with E-state index in [1.54, 1.807) is 0 Å². The Balaban J connectivity index is 0.000000228. The molecule has 1 saturated heterocycles. The molecule has 0 unspecified atom stereocenters. The molecule has 2 heterocycles. The lowest BCUT2D eigenvalue weighted by Crippen LogP contribution is -2.36. The second kappa shape index (κ2) is 9.77. The molecule has 1 aliphatic rings. The Bertz CT molecular complexity index is 713. The lowest BCUT2D eigenvalue weighted by atomic mass is 10.2. The molecule has 0 radical (unpaired) electrons. The Morgan fingerprint density at radius 2 is 1.96 bits per heavy atom. The highest BCUT2D eigenvalue weighted by molar-refractivity contribution is 5.76. The van der Waals surface area contributed by atoms with Crippen LogP contribution >= 0.6 is 0 Å². The molecule has 0 amide bonds. The molecule has 3 N–H and O–H groups in total. The van der Waals surface area contributed by atoms with Gasteiger partial charge in [0.1, 0.15) is 5.82 Å². The summed E-state index contributed by atoms with van der Waals surface area (Å²) in [4.78, 5) is 6.40. The minimum atomic E-state index is 0.0989. The summed E-state index contributed by atoms with van der Waals surface area (Å²) < 4.78 is 10.9. The molecule has 1 aromatic carbocycles. The van der Waals surface area contributed by atoms with Crippen molar-refractivity contribution in [2.24, 2.45) is 0 Å². The second-order valence-corrected chi connectivity index (χ2v) is 6.41. The van der Waals surface area contributed by atoms with Crippen LogP contribution in [0.25, 0.3) is 0 Å². The fourth-order valence-corrected chi connectivity index (χ4v) is 2.58. The molecule has 140 valence electrons. The lowest BCUT2D eigenvalue weighted by molar-refractivity contribution is 0.122. The number of morpholine rings is 1. The molecular formula is C20H28N4O2. The first-order valence-corrected chi connectivity index (χ1v) is 8.82. The van der Waals surface area contributed by atoms with Gasteiger partial charge in [-0.1, -0.05) is 29.8 Å². The molecule has 0 bridgehead atoms. The molecule has 0 spiro atoms. The van der Waals surface area contributed by atoms with Crippen molar-refractivity contribution in [3.05, 3.63) is 47.5 Å². The molecule has 6 nitrogen and oxygen atoms in total. The molecule has 1 aliphatic heterocycles. The fourth-order valence-electron chi connectivity index (χ4n) is 2.58. The zero-order valence-electron chi connectivity index (χ0n) is 15.7. The summed E-state index contributed by atoms with van der Waals surface area (Å²) in [6, 6.07) is 11.7. The van der Waals surface area contributed by atoms with Crippen molar-refractivity contribution in [1.29, 1.82) is 5.41 Å². The molecule has 1 aromatic heterocycles. The number of rotatable bonds is 4. The molecule has 0 atom stereocenters. The third kappa shape index (κ3) is 6.37. The van der Waals surface area contributed by atoms with Crippen LogP contribution in [0.5, 0.6) is 5.88 Å². The summed E-state index contributed by atoms with van der Waals surface area (Å²) >= 11 is 0. The number of aryl methyl sites for hydroxylation is 1. The zero-order chi connectivity index (χ0) is 18.9. The number of benzene rings is 1. The number of anilines is 2. The van der Waals surface area contributed by atoms with Gasteiger partial charge in [0.15, 0.2) is 0 Å². The van der Waals surface area contributed by atoms with Crippen LogP contribution in [0, 0.1) is 12.3 Å². The first kappa shape index (κ1) is 19.7. The average molecular weight is 356 g/mol. The average Bonchev–Trinajstić information content (AvgIpc) is 2.62. The van der Waals surface area contributed by atoms with E-state index in [2.05, 4.69) is 9.88 Å². The van der Waals surface area contributed by atoms with Gasteiger partial charge in [0.05, 0.1) is 19.3 Å². The third-order valence-corrected chi connectivity index (χ3v) is 3.75. The smallest absolute Gasteiger partial charge is 0.217 e. The highest BCUT2D eigenvalue weighted by Crippen LogP contribution is 2.23. The Hall–Kier alpha value is -2.60. The van der Waals surface area contributed by atoms with Crippen LogP contribution in [0.15, 0.2) is 36.4 Å². The van der Waals surface area contributed by atoms with Crippen LogP contribution in [0.1, 0.15) is 25.0 Å². The van der Waals surface area contributed by atoms with Gasteiger partial charge < -0.3 is 25.5 Å². The van der Waals surface area contributed by atoms with Crippen LogP contribution in [0.4, 0.5) is 11.5 Å². The van der Waals surface area contributed by atoms with Crippen molar-refractivity contribution in [2.45, 2.75) is 26.9 Å². The number of ether oxygens (including phenoxy) is 2. The van der Waals surface area contributed by atoms with Crippen LogP contribution in [0.3, 0.4) is 0 Å². The highest BCUT2D eigenvalue weighted by atomic mass is 16.5. The molecule has 0 aliphatic carbocycles. The van der Waals surface area contributed by atoms with E-state index >= 15 is 0 Å². The maximum absolute atomic E-state index is 6.92. The lowest BCUT2D eigenvalue weighted by Gasteiger charge is -2.29. The van der Waals surface area contributed by atoms with E-state index in [0.29, 0.717) is 11.7 Å². The Kier molecular flexibility index (Phi) is 7.41. The summed E-state index contributed by atoms with van der Waals surface area (Å²) in [5.41, 5.74) is 9.02. The number of nitrogens with two attached hydrogens (primary N) is 1. The van der Waals surface area contributed by atoms with E-state index in [9.17, 15) is 0 Å². The molecule has 0 saturated carbocycles. The van der Waals surface area contributed by atoms with Crippen molar-refractivity contribution < 1.29 is 9.47 Å². The van der Waals surface area contributed by atoms with Crippen LogP contribution < -0.4 is 15.4 Å². The first-order chi connectivity index (χ1) is 12.5. The number of nitrogens with one attached hydrogen (secondary N) is 1. The van der Waals surface area contributed by atoms with Gasteiger partial charge in [-0.2, -0.15) is 4.98 Å². The van der Waals surface area contributed by atoms with Crippen LogP contribution in [-0.4, -0.2) is 43.6 Å². The number of pyridine rings is 1. The summed E-state index contributed by atoms with van der Waals surface area (Å²) in [7, 11) is 0. The van der Waals surface area contributed by atoms with Gasteiger partial charge in [-0.25, -0.2) is 0 Å². The van der Waals surface area contributed by atoms with Crippen LogP contribution in [-0.2, 0) is 4.74 Å². The largest absolute Gasteiger partial charge is 0.475 e. The quantitative estimate of drug-likeness (QED) is 0.821. The zero-order valence-corrected chi connectivity index (χ0v) is 15.7. The predicted octanol–water partition coefficient (Wildman–Crippen LogP) is 3.28. The van der Waals surface area contributed by atoms with E-state index in [4.69, 9.17) is 20.6 Å². The van der Waals surface area contributed by atoms with Gasteiger partial charge >= 0.3 is 0 Å². The standard InChI is InChI=1S/C12H19N3O2.C8H9N/c1-9(2)17-12-8-10(7-11(13)14-12)15-3-5-16-6-4-15;1-7-3-2-4-8(5-7)6-9/h7-9H,3-6H2,1-2H3,(H2,13,14);2-6,9H,1H3. The van der Waals surface area contributed by atoms with Crippen LogP contribution in [0.2, 0.25) is 0 Å². The van der Waals surface area contributed by atoms with E-state index in [-0.39, 0.29) is 6.10 Å². The van der Waals surface area contributed by atoms with E-state index < -0.39 is 0 Å². The van der Waals surface area contributed by atoms with Gasteiger partial charge in [0.2, 0.25) is 5.88 Å². The number of nitrogen functional groups attached to an aromatic ring is 1. The minimum absolute atomic E-state index is 0.0989. The van der Waals surface area contributed by atoms with Gasteiger partial charge in [-0.3, -0.25) is 0 Å². The topological polar surface area (TPSA) is 84.5 Å². The number of nitrogens with zero attached hydrogens (tertiary/aromatic N) is 2. The fraction of sp³-hybridized carbons (Fsp3) is 0.400. The van der Waals surface area contributed by atoms with E-state index in [1.807, 2.05) is 57.2 Å². The van der Waals surface area contributed by atoms with Gasteiger partial charge in [0.25, 0.3) is 0 Å². The first-order valence-electron chi connectivity index (χ1n) is 8.82. The normalized spacial score (nSPS) is 13.8. The summed E-state index contributed by atoms with van der Waals surface area (Å²) in [6.07, 6.45) is 1.45. The number of aromatic nitrogens is 1. The van der Waals surface area contributed by atoms with E-state index in [1.165, 1.54) is 11.8 Å². The van der Waals surface area contributed by atoms with Gasteiger partial charge in [0, 0.05) is 37.1 Å². The summed E-state index contributed by atoms with van der Waals surface area (Å²) in [6.45, 7) is 9.23. The minimum Gasteiger partial charge on any atom is -0.475 e. The van der Waals surface area contributed by atoms with Crippen molar-refractivity contribution in [3.8, 4) is 5.88 Å². The van der Waals surface area contributed by atoms with E-state index in [0.717, 1.165) is 37.6 Å². The molecular weight excluding hydrogens is 328 g/mol. The summed E-state index contributed by atoms with van der Waals surface area (Å²) in [5, 5.41) is 6.92. The second-order valence-electron chi connectivity index (χ2n) is 6.41. The molecule has 1 fully saturated rings. The van der Waals surface area contributed by atoms with Gasteiger partial charge in [-0.15, -0.1) is 0 Å². The predicted molar refractivity (Wildman–Crippen MR) is 107 cm³/mol. The van der Waals surface area contributed by atoms with Crippen molar-refractivity contribution in [1.82, 2.24) is 4.98 Å². The maximum Gasteiger partial charge on any atom is 0.217 e. The number of hydrogen-bond donors (Lipinski definition) is 2. The van der Waals surface area contributed by atoms with Gasteiger partial charge in [-0.05, 0) is 26.3 Å². The number of hydrogen-bond acceptors (Lipinski definition) is 6. The molecule has 2 aromatic rings. The monoisotopic (exact) mass is 356 g/mol. The third-order valence-electron chi connectivity index (χ3n) is 3.75.